The van der Waals surface area contributed by atoms with Crippen molar-refractivity contribution < 1.29 is 9.52 Å². The minimum Gasteiger partial charge on any atom is -0.461 e. The van der Waals surface area contributed by atoms with Crippen molar-refractivity contribution >= 4 is 0 Å². The van der Waals surface area contributed by atoms with Crippen molar-refractivity contribution in [3.05, 3.63) is 47.7 Å². The number of aryl methyl sites for hydroxylation is 1. The van der Waals surface area contributed by atoms with Crippen LogP contribution in [0.3, 0.4) is 0 Å². The highest BCUT2D eigenvalue weighted by molar-refractivity contribution is 5.58. The molecule has 0 saturated heterocycles. The topological polar surface area (TPSA) is 59.4 Å². The number of hydrogen-bond acceptors (Lipinski definition) is 3. The normalized spacial score (nSPS) is 12.6. The van der Waals surface area contributed by atoms with Crippen LogP contribution < -0.4 is 5.73 Å². The van der Waals surface area contributed by atoms with Gasteiger partial charge in [-0.1, -0.05) is 18.2 Å². The average molecular weight is 231 g/mol. The molecular formula is C14H17NO2. The van der Waals surface area contributed by atoms with Crippen LogP contribution in [0.1, 0.15) is 23.8 Å². The highest BCUT2D eigenvalue weighted by atomic mass is 16.3. The van der Waals surface area contributed by atoms with Crippen molar-refractivity contribution in [3.63, 3.8) is 0 Å². The van der Waals surface area contributed by atoms with E-state index in [0.717, 1.165) is 22.6 Å². The zero-order valence-electron chi connectivity index (χ0n) is 9.89. The van der Waals surface area contributed by atoms with Crippen LogP contribution >= 0.6 is 0 Å². The van der Waals surface area contributed by atoms with Crippen LogP contribution in [-0.4, -0.2) is 11.7 Å². The minimum absolute atomic E-state index is 0.102. The molecule has 0 aliphatic carbocycles. The highest BCUT2D eigenvalue weighted by Crippen LogP contribution is 2.25. The zero-order valence-corrected chi connectivity index (χ0v) is 9.89. The first-order chi connectivity index (χ1) is 8.20. The maximum absolute atomic E-state index is 8.89. The van der Waals surface area contributed by atoms with Crippen molar-refractivity contribution in [3.8, 4) is 11.3 Å². The van der Waals surface area contributed by atoms with Crippen LogP contribution in [0.2, 0.25) is 0 Å². The first-order valence-electron chi connectivity index (χ1n) is 5.74. The summed E-state index contributed by atoms with van der Waals surface area (Å²) >= 11 is 0. The molecule has 1 unspecified atom stereocenters. The summed E-state index contributed by atoms with van der Waals surface area (Å²) in [7, 11) is 0. The van der Waals surface area contributed by atoms with Crippen LogP contribution in [0.25, 0.3) is 11.3 Å². The van der Waals surface area contributed by atoms with Gasteiger partial charge in [0, 0.05) is 18.2 Å². The Balaban J connectivity index is 2.28. The number of benzene rings is 1. The maximum atomic E-state index is 8.89. The van der Waals surface area contributed by atoms with Gasteiger partial charge in [0.15, 0.2) is 0 Å². The lowest BCUT2D eigenvalue weighted by Crippen LogP contribution is -2.11. The van der Waals surface area contributed by atoms with Crippen LogP contribution in [0.15, 0.2) is 40.8 Å². The fourth-order valence-corrected chi connectivity index (χ4v) is 1.82. The van der Waals surface area contributed by atoms with E-state index in [2.05, 4.69) is 0 Å². The zero-order chi connectivity index (χ0) is 12.3. The molecule has 1 atom stereocenters. The number of aliphatic hydroxyl groups is 1. The van der Waals surface area contributed by atoms with Crippen molar-refractivity contribution in [2.45, 2.75) is 19.4 Å². The van der Waals surface area contributed by atoms with Crippen molar-refractivity contribution in [2.24, 2.45) is 5.73 Å². The molecule has 3 nitrogen and oxygen atoms in total. The second-order valence-corrected chi connectivity index (χ2v) is 4.15. The molecule has 0 amide bonds. The summed E-state index contributed by atoms with van der Waals surface area (Å²) in [6.45, 7) is 2.02. The summed E-state index contributed by atoms with van der Waals surface area (Å²) in [6.07, 6.45) is 0.570. The van der Waals surface area contributed by atoms with Gasteiger partial charge in [-0.2, -0.15) is 0 Å². The molecule has 3 heteroatoms. The van der Waals surface area contributed by atoms with Gasteiger partial charge in [-0.05, 0) is 37.1 Å². The van der Waals surface area contributed by atoms with E-state index in [1.807, 2.05) is 43.3 Å². The van der Waals surface area contributed by atoms with Crippen molar-refractivity contribution in [1.82, 2.24) is 0 Å². The Hall–Kier alpha value is -1.58. The van der Waals surface area contributed by atoms with Gasteiger partial charge in [0.2, 0.25) is 0 Å². The summed E-state index contributed by atoms with van der Waals surface area (Å²) in [5, 5.41) is 8.89. The maximum Gasteiger partial charge on any atom is 0.134 e. The smallest absolute Gasteiger partial charge is 0.134 e. The molecule has 1 heterocycles. The Morgan fingerprint density at radius 3 is 2.76 bits per heavy atom. The minimum atomic E-state index is -0.129. The van der Waals surface area contributed by atoms with E-state index in [1.165, 1.54) is 0 Å². The summed E-state index contributed by atoms with van der Waals surface area (Å²) in [6, 6.07) is 11.7. The van der Waals surface area contributed by atoms with E-state index in [9.17, 15) is 0 Å². The second-order valence-electron chi connectivity index (χ2n) is 4.15. The summed E-state index contributed by atoms with van der Waals surface area (Å²) in [4.78, 5) is 0. The molecule has 0 aliphatic heterocycles. The second kappa shape index (κ2) is 5.17. The van der Waals surface area contributed by atoms with E-state index in [-0.39, 0.29) is 12.6 Å². The third-order valence-corrected chi connectivity index (χ3v) is 2.78. The number of aliphatic hydroxyl groups excluding tert-OH is 1. The molecule has 17 heavy (non-hydrogen) atoms. The highest BCUT2D eigenvalue weighted by Gasteiger charge is 2.08. The molecule has 0 aliphatic rings. The largest absolute Gasteiger partial charge is 0.461 e. The first-order valence-corrected chi connectivity index (χ1v) is 5.74. The summed E-state index contributed by atoms with van der Waals surface area (Å²) in [5.74, 6) is 1.74. The summed E-state index contributed by atoms with van der Waals surface area (Å²) in [5.41, 5.74) is 8.00. The van der Waals surface area contributed by atoms with Gasteiger partial charge in [0.25, 0.3) is 0 Å². The number of nitrogens with two attached hydrogens (primary N) is 1. The fraction of sp³-hybridized carbons (Fsp3) is 0.286. The molecule has 3 N–H and O–H groups in total. The molecule has 0 bridgehead atoms. The lowest BCUT2D eigenvalue weighted by molar-refractivity contribution is 0.276. The van der Waals surface area contributed by atoms with E-state index in [4.69, 9.17) is 15.3 Å². The first kappa shape index (κ1) is 11.9. The van der Waals surface area contributed by atoms with Crippen molar-refractivity contribution in [2.75, 3.05) is 6.61 Å². The molecular weight excluding hydrogens is 214 g/mol. The van der Waals surface area contributed by atoms with Gasteiger partial charge in [-0.25, -0.2) is 0 Å². The predicted molar refractivity (Wildman–Crippen MR) is 67.5 cm³/mol. The van der Waals surface area contributed by atoms with Gasteiger partial charge in [-0.3, -0.25) is 0 Å². The molecule has 0 spiro atoms. The van der Waals surface area contributed by atoms with Crippen LogP contribution in [0.4, 0.5) is 0 Å². The third kappa shape index (κ3) is 2.75. The molecule has 1 aromatic heterocycles. The Labute approximate surface area is 101 Å². The Bertz CT molecular complexity index is 490. The van der Waals surface area contributed by atoms with Crippen LogP contribution in [-0.2, 0) is 0 Å². The lowest BCUT2D eigenvalue weighted by atomic mass is 10.0. The van der Waals surface area contributed by atoms with Gasteiger partial charge < -0.3 is 15.3 Å². The molecule has 2 aromatic rings. The standard InChI is InChI=1S/C14H17NO2/c1-10-5-6-14(17-10)12-4-2-3-11(9-12)13(15)7-8-16/h2-6,9,13,16H,7-8,15H2,1H3. The van der Waals surface area contributed by atoms with Gasteiger partial charge in [0.05, 0.1) is 0 Å². The molecule has 90 valence electrons. The molecule has 0 fully saturated rings. The van der Waals surface area contributed by atoms with Crippen LogP contribution in [0.5, 0.6) is 0 Å². The van der Waals surface area contributed by atoms with Gasteiger partial charge in [-0.15, -0.1) is 0 Å². The van der Waals surface area contributed by atoms with Crippen molar-refractivity contribution in [1.29, 1.82) is 0 Å². The Kier molecular flexibility index (Phi) is 3.61. The van der Waals surface area contributed by atoms with Crippen LogP contribution in [0, 0.1) is 6.92 Å². The molecule has 2 rings (SSSR count). The predicted octanol–water partition coefficient (Wildman–Crippen LogP) is 2.64. The third-order valence-electron chi connectivity index (χ3n) is 2.78. The SMILES string of the molecule is Cc1ccc(-c2cccc(C(N)CCO)c2)o1. The quantitative estimate of drug-likeness (QED) is 0.850. The van der Waals surface area contributed by atoms with Gasteiger partial charge >= 0.3 is 0 Å². The number of furan rings is 1. The van der Waals surface area contributed by atoms with E-state index in [0.29, 0.717) is 6.42 Å². The Morgan fingerprint density at radius 1 is 1.29 bits per heavy atom. The monoisotopic (exact) mass is 231 g/mol. The van der Waals surface area contributed by atoms with Gasteiger partial charge in [0.1, 0.15) is 11.5 Å². The van der Waals surface area contributed by atoms with E-state index >= 15 is 0 Å². The lowest BCUT2D eigenvalue weighted by Gasteiger charge is -2.11. The fourth-order valence-electron chi connectivity index (χ4n) is 1.82. The number of hydrogen-bond donors (Lipinski definition) is 2. The van der Waals surface area contributed by atoms with E-state index in [1.54, 1.807) is 0 Å². The summed E-state index contributed by atoms with van der Waals surface area (Å²) < 4.78 is 5.57. The van der Waals surface area contributed by atoms with E-state index < -0.39 is 0 Å². The molecule has 0 saturated carbocycles. The average Bonchev–Trinajstić information content (AvgIpc) is 2.76. The molecule has 1 aromatic carbocycles. The Morgan fingerprint density at radius 2 is 2.12 bits per heavy atom. The number of rotatable bonds is 4. The molecule has 0 radical (unpaired) electrons.